The Morgan fingerprint density at radius 3 is 2.74 bits per heavy atom. The second-order valence-corrected chi connectivity index (χ2v) is 13.0. The quantitative estimate of drug-likeness (QED) is 0.206. The van der Waals surface area contributed by atoms with Crippen LogP contribution in [0.3, 0.4) is 0 Å². The SMILES string of the molecule is Cc1nc(NC2(c3nc4cc(C=O)cc(C#N)c4o3)C=CC=C(c3ccccc3C)C2C)c2ncc(CN3CCC(C)(O)C3)cc2n1. The standard InChI is InChI=1S/C37H35N7O3/c1-22-8-5-6-9-28(22)29-10-7-11-37(23(29)2,35-42-31-15-25(20-45)14-27(17-38)33(31)47-35)43-34-32-30(40-24(3)41-34)16-26(18-39-32)19-44-13-12-36(4,46)21-44/h5-11,14-16,18,20,23,46H,12-13,19,21H2,1-4H3,(H,40,41,43). The lowest BCUT2D eigenvalue weighted by Crippen LogP contribution is -2.42. The van der Waals surface area contributed by atoms with Crippen LogP contribution < -0.4 is 5.32 Å². The number of fused-ring (bicyclic) bond motifs is 2. The summed E-state index contributed by atoms with van der Waals surface area (Å²) >= 11 is 0. The van der Waals surface area contributed by atoms with E-state index in [1.54, 1.807) is 6.07 Å². The van der Waals surface area contributed by atoms with Gasteiger partial charge in [-0.3, -0.25) is 14.7 Å². The summed E-state index contributed by atoms with van der Waals surface area (Å²) in [4.78, 5) is 33.2. The third kappa shape index (κ3) is 5.47. The Hall–Kier alpha value is -5.24. The predicted molar refractivity (Wildman–Crippen MR) is 179 cm³/mol. The van der Waals surface area contributed by atoms with Crippen LogP contribution in [0, 0.1) is 31.1 Å². The van der Waals surface area contributed by atoms with Crippen LogP contribution in [0.2, 0.25) is 0 Å². The number of nitriles is 1. The van der Waals surface area contributed by atoms with Crippen molar-refractivity contribution >= 4 is 39.8 Å². The number of carbonyl (C=O) groups is 1. The molecule has 4 heterocycles. The molecule has 47 heavy (non-hydrogen) atoms. The van der Waals surface area contributed by atoms with E-state index >= 15 is 0 Å². The summed E-state index contributed by atoms with van der Waals surface area (Å²) in [6.07, 6.45) is 9.37. The fourth-order valence-electron chi connectivity index (χ4n) is 6.88. The van der Waals surface area contributed by atoms with Gasteiger partial charge in [0.1, 0.15) is 34.8 Å². The number of rotatable bonds is 7. The number of β-amino-alcohol motifs (C(OH)–C–C–N with tert-alkyl or cyclic N) is 1. The zero-order chi connectivity index (χ0) is 32.9. The molecule has 236 valence electrons. The van der Waals surface area contributed by atoms with E-state index in [1.165, 1.54) is 6.07 Å². The number of hydrogen-bond acceptors (Lipinski definition) is 10. The molecule has 0 spiro atoms. The van der Waals surface area contributed by atoms with Crippen molar-refractivity contribution in [3.63, 3.8) is 0 Å². The van der Waals surface area contributed by atoms with Crippen LogP contribution in [0.15, 0.2) is 71.3 Å². The molecule has 3 atom stereocenters. The zero-order valence-corrected chi connectivity index (χ0v) is 26.8. The van der Waals surface area contributed by atoms with Gasteiger partial charge in [-0.05, 0) is 73.7 Å². The second kappa shape index (κ2) is 11.5. The summed E-state index contributed by atoms with van der Waals surface area (Å²) in [7, 11) is 0. The Bertz CT molecular complexity index is 2160. The van der Waals surface area contributed by atoms with Crippen molar-refractivity contribution < 1.29 is 14.3 Å². The number of anilines is 1. The van der Waals surface area contributed by atoms with Gasteiger partial charge in [-0.15, -0.1) is 0 Å². The van der Waals surface area contributed by atoms with Gasteiger partial charge < -0.3 is 14.8 Å². The second-order valence-electron chi connectivity index (χ2n) is 13.0. The molecule has 0 amide bonds. The highest BCUT2D eigenvalue weighted by Crippen LogP contribution is 2.46. The molecule has 2 N–H and O–H groups in total. The van der Waals surface area contributed by atoms with Gasteiger partial charge in [-0.1, -0.05) is 43.3 Å². The maximum absolute atomic E-state index is 11.7. The molecular weight excluding hydrogens is 590 g/mol. The smallest absolute Gasteiger partial charge is 0.225 e. The minimum absolute atomic E-state index is 0.231. The molecule has 1 saturated heterocycles. The van der Waals surface area contributed by atoms with Crippen LogP contribution in [0.25, 0.3) is 27.7 Å². The summed E-state index contributed by atoms with van der Waals surface area (Å²) < 4.78 is 6.46. The van der Waals surface area contributed by atoms with Crippen molar-refractivity contribution in [3.05, 3.63) is 106 Å². The minimum atomic E-state index is -1.06. The number of aliphatic hydroxyl groups is 1. The van der Waals surface area contributed by atoms with Crippen molar-refractivity contribution in [1.29, 1.82) is 5.26 Å². The fourth-order valence-corrected chi connectivity index (χ4v) is 6.88. The van der Waals surface area contributed by atoms with E-state index in [0.29, 0.717) is 64.6 Å². The number of likely N-dealkylation sites (tertiary alicyclic amines) is 1. The molecule has 10 heteroatoms. The first kappa shape index (κ1) is 30.4. The van der Waals surface area contributed by atoms with Gasteiger partial charge in [-0.25, -0.2) is 15.0 Å². The van der Waals surface area contributed by atoms with E-state index in [0.717, 1.165) is 35.2 Å². The molecule has 5 aromatic rings. The molecular formula is C37H35N7O3. The number of hydrogen-bond donors (Lipinski definition) is 2. The average molecular weight is 626 g/mol. The van der Waals surface area contributed by atoms with E-state index in [2.05, 4.69) is 48.3 Å². The Kier molecular flexibility index (Phi) is 7.46. The van der Waals surface area contributed by atoms with E-state index in [1.807, 2.05) is 50.4 Å². The highest BCUT2D eigenvalue weighted by atomic mass is 16.4. The van der Waals surface area contributed by atoms with Gasteiger partial charge in [0.25, 0.3) is 0 Å². The molecule has 1 fully saturated rings. The van der Waals surface area contributed by atoms with Crippen LogP contribution in [-0.4, -0.2) is 54.9 Å². The summed E-state index contributed by atoms with van der Waals surface area (Å²) in [6, 6.07) is 15.6. The van der Waals surface area contributed by atoms with Crippen molar-refractivity contribution in [2.45, 2.75) is 51.8 Å². The monoisotopic (exact) mass is 625 g/mol. The maximum atomic E-state index is 11.7. The van der Waals surface area contributed by atoms with Crippen molar-refractivity contribution in [3.8, 4) is 6.07 Å². The number of aryl methyl sites for hydroxylation is 2. The molecule has 3 unspecified atom stereocenters. The van der Waals surface area contributed by atoms with Gasteiger partial charge in [0, 0.05) is 37.3 Å². The van der Waals surface area contributed by atoms with Crippen LogP contribution in [0.4, 0.5) is 5.82 Å². The lowest BCUT2D eigenvalue weighted by molar-refractivity contribution is 0.0679. The van der Waals surface area contributed by atoms with Gasteiger partial charge in [-0.2, -0.15) is 5.26 Å². The van der Waals surface area contributed by atoms with Crippen LogP contribution in [0.5, 0.6) is 0 Å². The molecule has 3 aromatic heterocycles. The van der Waals surface area contributed by atoms with E-state index in [-0.39, 0.29) is 11.5 Å². The molecule has 10 nitrogen and oxygen atoms in total. The third-order valence-electron chi connectivity index (χ3n) is 9.33. The van der Waals surface area contributed by atoms with Crippen LogP contribution >= 0.6 is 0 Å². The molecule has 7 rings (SSSR count). The number of nitrogens with zero attached hydrogens (tertiary/aromatic N) is 6. The number of nitrogens with one attached hydrogen (secondary N) is 1. The first-order valence-corrected chi connectivity index (χ1v) is 15.7. The Balaban J connectivity index is 1.36. The molecule has 2 aliphatic rings. The number of carbonyl (C=O) groups excluding carboxylic acids is 1. The van der Waals surface area contributed by atoms with Crippen molar-refractivity contribution in [2.75, 3.05) is 18.4 Å². The van der Waals surface area contributed by atoms with Crippen molar-refractivity contribution in [1.82, 2.24) is 24.8 Å². The molecule has 1 aliphatic carbocycles. The maximum Gasteiger partial charge on any atom is 0.225 e. The number of allylic oxidation sites excluding steroid dienone is 2. The van der Waals surface area contributed by atoms with Gasteiger partial charge in [0.15, 0.2) is 11.4 Å². The molecule has 0 radical (unpaired) electrons. The van der Waals surface area contributed by atoms with Gasteiger partial charge in [0.05, 0.1) is 16.7 Å². The fraction of sp³-hybridized carbons (Fsp3) is 0.297. The largest absolute Gasteiger partial charge is 0.436 e. The third-order valence-corrected chi connectivity index (χ3v) is 9.33. The number of pyridine rings is 1. The van der Waals surface area contributed by atoms with Crippen LogP contribution in [-0.2, 0) is 12.1 Å². The van der Waals surface area contributed by atoms with E-state index in [9.17, 15) is 15.2 Å². The van der Waals surface area contributed by atoms with Crippen LogP contribution in [0.1, 0.15) is 64.6 Å². The first-order chi connectivity index (χ1) is 22.6. The normalized spacial score (nSPS) is 22.8. The number of aromatic nitrogens is 4. The Morgan fingerprint density at radius 2 is 2.00 bits per heavy atom. The number of aldehydes is 1. The number of oxazole rings is 1. The van der Waals surface area contributed by atoms with Gasteiger partial charge in [0.2, 0.25) is 5.89 Å². The molecule has 0 bridgehead atoms. The topological polar surface area (TPSA) is 141 Å². The summed E-state index contributed by atoms with van der Waals surface area (Å²) in [5.74, 6) is 1.18. The van der Waals surface area contributed by atoms with E-state index in [4.69, 9.17) is 24.4 Å². The highest BCUT2D eigenvalue weighted by molar-refractivity contribution is 5.89. The lowest BCUT2D eigenvalue weighted by Gasteiger charge is -2.39. The first-order valence-electron chi connectivity index (χ1n) is 15.7. The lowest BCUT2D eigenvalue weighted by atomic mass is 9.73. The molecule has 2 aromatic carbocycles. The summed E-state index contributed by atoms with van der Waals surface area (Å²) in [5, 5.41) is 24.1. The highest BCUT2D eigenvalue weighted by Gasteiger charge is 2.45. The van der Waals surface area contributed by atoms with Crippen molar-refractivity contribution in [2.24, 2.45) is 5.92 Å². The van der Waals surface area contributed by atoms with Gasteiger partial charge >= 0.3 is 0 Å². The predicted octanol–water partition coefficient (Wildman–Crippen LogP) is 6.02. The zero-order valence-electron chi connectivity index (χ0n) is 26.8. The molecule has 1 aliphatic heterocycles. The molecule has 0 saturated carbocycles. The number of benzene rings is 2. The van der Waals surface area contributed by atoms with E-state index < -0.39 is 11.1 Å². The Morgan fingerprint density at radius 1 is 1.17 bits per heavy atom. The minimum Gasteiger partial charge on any atom is -0.436 e. The summed E-state index contributed by atoms with van der Waals surface area (Å²) in [6.45, 7) is 10.00. The Labute approximate surface area is 272 Å². The average Bonchev–Trinajstić information content (AvgIpc) is 3.64. The summed E-state index contributed by atoms with van der Waals surface area (Å²) in [5.41, 5.74) is 5.16.